The molecule has 0 radical (unpaired) electrons. The summed E-state index contributed by atoms with van der Waals surface area (Å²) in [5.41, 5.74) is 2.31. The largest absolute Gasteiger partial charge is 0.492 e. The number of thioether (sulfide) groups is 1. The standard InChI is InChI=1S/C16H16ClNOS/c1-2-19-15-8-7-11(17)9-13(15)18-14-10-20-16-6-4-3-5-12(14)16/h3-9,14,18H,2,10H2,1H3. The van der Waals surface area contributed by atoms with Gasteiger partial charge in [0.15, 0.2) is 0 Å². The normalized spacial score (nSPS) is 16.8. The predicted molar refractivity (Wildman–Crippen MR) is 86.2 cm³/mol. The van der Waals surface area contributed by atoms with Crippen molar-refractivity contribution in [2.75, 3.05) is 17.7 Å². The monoisotopic (exact) mass is 305 g/mol. The number of nitrogens with one attached hydrogen (secondary N) is 1. The first-order valence-electron chi connectivity index (χ1n) is 6.68. The van der Waals surface area contributed by atoms with Crippen LogP contribution in [0.2, 0.25) is 5.02 Å². The van der Waals surface area contributed by atoms with Crippen LogP contribution in [0.25, 0.3) is 0 Å². The van der Waals surface area contributed by atoms with E-state index in [1.165, 1.54) is 10.5 Å². The molecule has 1 unspecified atom stereocenters. The van der Waals surface area contributed by atoms with Crippen molar-refractivity contribution in [2.24, 2.45) is 0 Å². The Morgan fingerprint density at radius 1 is 1.30 bits per heavy atom. The number of fused-ring (bicyclic) bond motifs is 1. The van der Waals surface area contributed by atoms with E-state index >= 15 is 0 Å². The molecule has 0 fully saturated rings. The highest BCUT2D eigenvalue weighted by molar-refractivity contribution is 7.99. The van der Waals surface area contributed by atoms with Gasteiger partial charge in [-0.25, -0.2) is 0 Å². The Labute approximate surface area is 128 Å². The summed E-state index contributed by atoms with van der Waals surface area (Å²) in [6, 6.07) is 14.5. The van der Waals surface area contributed by atoms with Crippen LogP contribution < -0.4 is 10.1 Å². The summed E-state index contributed by atoms with van der Waals surface area (Å²) in [5, 5.41) is 4.28. The summed E-state index contributed by atoms with van der Waals surface area (Å²) in [6.45, 7) is 2.63. The molecule has 1 heterocycles. The molecule has 2 nitrogen and oxygen atoms in total. The van der Waals surface area contributed by atoms with Crippen molar-refractivity contribution in [3.63, 3.8) is 0 Å². The first-order chi connectivity index (χ1) is 9.78. The Bertz CT molecular complexity index is 617. The number of benzene rings is 2. The van der Waals surface area contributed by atoms with E-state index in [9.17, 15) is 0 Å². The number of ether oxygens (including phenoxy) is 1. The Morgan fingerprint density at radius 2 is 2.15 bits per heavy atom. The molecular weight excluding hydrogens is 290 g/mol. The first-order valence-corrected chi connectivity index (χ1v) is 8.05. The number of hydrogen-bond donors (Lipinski definition) is 1. The van der Waals surface area contributed by atoms with Crippen LogP contribution in [-0.4, -0.2) is 12.4 Å². The lowest BCUT2D eigenvalue weighted by atomic mass is 10.1. The van der Waals surface area contributed by atoms with Crippen LogP contribution >= 0.6 is 23.4 Å². The fourth-order valence-electron chi connectivity index (χ4n) is 2.37. The Balaban J connectivity index is 1.87. The van der Waals surface area contributed by atoms with Gasteiger partial charge < -0.3 is 10.1 Å². The fraction of sp³-hybridized carbons (Fsp3) is 0.250. The van der Waals surface area contributed by atoms with Gasteiger partial charge in [-0.05, 0) is 36.8 Å². The Kier molecular flexibility index (Phi) is 4.08. The zero-order valence-corrected chi connectivity index (χ0v) is 12.8. The minimum absolute atomic E-state index is 0.300. The summed E-state index contributed by atoms with van der Waals surface area (Å²) in [6.07, 6.45) is 0. The zero-order chi connectivity index (χ0) is 13.9. The van der Waals surface area contributed by atoms with E-state index in [0.29, 0.717) is 12.6 Å². The van der Waals surface area contributed by atoms with E-state index < -0.39 is 0 Å². The number of hydrogen-bond acceptors (Lipinski definition) is 3. The van der Waals surface area contributed by atoms with Gasteiger partial charge in [-0.15, -0.1) is 11.8 Å². The van der Waals surface area contributed by atoms with Crippen molar-refractivity contribution in [3.05, 3.63) is 53.1 Å². The molecule has 0 saturated heterocycles. The molecule has 2 aromatic rings. The second kappa shape index (κ2) is 5.98. The third-order valence-electron chi connectivity index (χ3n) is 3.27. The van der Waals surface area contributed by atoms with Crippen molar-refractivity contribution in [2.45, 2.75) is 17.9 Å². The molecule has 0 amide bonds. The lowest BCUT2D eigenvalue weighted by Crippen LogP contribution is -2.11. The lowest BCUT2D eigenvalue weighted by molar-refractivity contribution is 0.341. The van der Waals surface area contributed by atoms with Crippen LogP contribution in [-0.2, 0) is 0 Å². The van der Waals surface area contributed by atoms with E-state index in [1.54, 1.807) is 0 Å². The SMILES string of the molecule is CCOc1ccc(Cl)cc1NC1CSc2ccccc21. The summed E-state index contributed by atoms with van der Waals surface area (Å²) in [7, 11) is 0. The maximum atomic E-state index is 6.10. The first kappa shape index (κ1) is 13.7. The van der Waals surface area contributed by atoms with Gasteiger partial charge in [-0.3, -0.25) is 0 Å². The molecule has 0 aliphatic carbocycles. The lowest BCUT2D eigenvalue weighted by Gasteiger charge is -2.18. The van der Waals surface area contributed by atoms with Crippen LogP contribution in [0.4, 0.5) is 5.69 Å². The molecule has 20 heavy (non-hydrogen) atoms. The maximum Gasteiger partial charge on any atom is 0.142 e. The third-order valence-corrected chi connectivity index (χ3v) is 4.69. The van der Waals surface area contributed by atoms with Gasteiger partial charge >= 0.3 is 0 Å². The molecule has 0 bridgehead atoms. The van der Waals surface area contributed by atoms with E-state index in [0.717, 1.165) is 22.2 Å². The molecule has 1 atom stereocenters. The van der Waals surface area contributed by atoms with E-state index in [4.69, 9.17) is 16.3 Å². The van der Waals surface area contributed by atoms with Gasteiger partial charge in [0, 0.05) is 15.7 Å². The van der Waals surface area contributed by atoms with Crippen molar-refractivity contribution < 1.29 is 4.74 Å². The fourth-order valence-corrected chi connectivity index (χ4v) is 3.70. The van der Waals surface area contributed by atoms with Gasteiger partial charge in [-0.2, -0.15) is 0 Å². The average Bonchev–Trinajstić information content (AvgIpc) is 2.86. The van der Waals surface area contributed by atoms with E-state index in [-0.39, 0.29) is 0 Å². The zero-order valence-electron chi connectivity index (χ0n) is 11.2. The van der Waals surface area contributed by atoms with Crippen LogP contribution in [0.3, 0.4) is 0 Å². The predicted octanol–water partition coefficient (Wildman–Crippen LogP) is 5.00. The number of halogens is 1. The molecular formula is C16H16ClNOS. The Morgan fingerprint density at radius 3 is 3.00 bits per heavy atom. The molecule has 1 N–H and O–H groups in total. The molecule has 0 spiro atoms. The highest BCUT2D eigenvalue weighted by Crippen LogP contribution is 2.41. The third kappa shape index (κ3) is 2.74. The summed E-state index contributed by atoms with van der Waals surface area (Å²) < 4.78 is 5.66. The molecule has 1 aliphatic heterocycles. The molecule has 4 heteroatoms. The average molecular weight is 306 g/mol. The maximum absolute atomic E-state index is 6.10. The van der Waals surface area contributed by atoms with Gasteiger partial charge in [0.05, 0.1) is 18.3 Å². The smallest absolute Gasteiger partial charge is 0.142 e. The molecule has 1 aliphatic rings. The summed E-state index contributed by atoms with van der Waals surface area (Å²) in [4.78, 5) is 1.35. The van der Waals surface area contributed by atoms with Crippen molar-refractivity contribution in [1.29, 1.82) is 0 Å². The molecule has 2 aromatic carbocycles. The second-order valence-electron chi connectivity index (χ2n) is 4.62. The minimum Gasteiger partial charge on any atom is -0.492 e. The number of anilines is 1. The molecule has 3 rings (SSSR count). The van der Waals surface area contributed by atoms with Crippen LogP contribution in [0.1, 0.15) is 18.5 Å². The summed E-state index contributed by atoms with van der Waals surface area (Å²) in [5.74, 6) is 1.88. The van der Waals surface area contributed by atoms with E-state index in [1.807, 2.05) is 36.9 Å². The second-order valence-corrected chi connectivity index (χ2v) is 6.12. The van der Waals surface area contributed by atoms with Crippen molar-refractivity contribution in [1.82, 2.24) is 0 Å². The molecule has 0 aromatic heterocycles. The highest BCUT2D eigenvalue weighted by Gasteiger charge is 2.23. The number of rotatable bonds is 4. The highest BCUT2D eigenvalue weighted by atomic mass is 35.5. The minimum atomic E-state index is 0.300. The van der Waals surface area contributed by atoms with E-state index in [2.05, 4.69) is 29.6 Å². The summed E-state index contributed by atoms with van der Waals surface area (Å²) >= 11 is 7.98. The molecule has 0 saturated carbocycles. The van der Waals surface area contributed by atoms with Crippen LogP contribution in [0.15, 0.2) is 47.4 Å². The van der Waals surface area contributed by atoms with Crippen molar-refractivity contribution in [3.8, 4) is 5.75 Å². The molecule has 104 valence electrons. The van der Waals surface area contributed by atoms with Gasteiger partial charge in [0.25, 0.3) is 0 Å². The van der Waals surface area contributed by atoms with Gasteiger partial charge in [0.2, 0.25) is 0 Å². The van der Waals surface area contributed by atoms with Crippen LogP contribution in [0, 0.1) is 0 Å². The quantitative estimate of drug-likeness (QED) is 0.859. The Hall–Kier alpha value is -1.32. The topological polar surface area (TPSA) is 21.3 Å². The van der Waals surface area contributed by atoms with Crippen LogP contribution in [0.5, 0.6) is 5.75 Å². The van der Waals surface area contributed by atoms with Gasteiger partial charge in [-0.1, -0.05) is 29.8 Å². The van der Waals surface area contributed by atoms with Crippen molar-refractivity contribution >= 4 is 29.1 Å². The van der Waals surface area contributed by atoms with Gasteiger partial charge in [0.1, 0.15) is 5.75 Å².